The van der Waals surface area contributed by atoms with E-state index in [1.807, 2.05) is 6.92 Å². The fraction of sp³-hybridized carbons (Fsp3) is 0.700. The first-order valence-electron chi connectivity index (χ1n) is 10.0. The van der Waals surface area contributed by atoms with E-state index < -0.39 is 46.8 Å². The average molecular weight is 430 g/mol. The maximum absolute atomic E-state index is 13.1. The molecule has 1 aromatic carbocycles. The third kappa shape index (κ3) is 4.82. The van der Waals surface area contributed by atoms with Gasteiger partial charge in [-0.05, 0) is 52.2 Å². The molecule has 2 fully saturated rings. The van der Waals surface area contributed by atoms with Gasteiger partial charge in [-0.1, -0.05) is 17.7 Å². The van der Waals surface area contributed by atoms with Crippen molar-refractivity contribution in [3.05, 3.63) is 29.8 Å². The quantitative estimate of drug-likeness (QED) is 0.612. The van der Waals surface area contributed by atoms with Gasteiger partial charge in [-0.2, -0.15) is 4.31 Å². The fourth-order valence-corrected chi connectivity index (χ4v) is 5.70. The molecule has 164 valence electrons. The van der Waals surface area contributed by atoms with Crippen molar-refractivity contribution in [2.75, 3.05) is 6.54 Å². The van der Waals surface area contributed by atoms with Crippen LogP contribution in [0.15, 0.2) is 29.2 Å². The van der Waals surface area contributed by atoms with Crippen molar-refractivity contribution in [2.24, 2.45) is 0 Å². The van der Waals surface area contributed by atoms with E-state index in [-0.39, 0.29) is 10.9 Å². The minimum absolute atomic E-state index is 0.218. The summed E-state index contributed by atoms with van der Waals surface area (Å²) in [4.78, 5) is 0.278. The molecule has 0 spiro atoms. The first kappa shape index (κ1) is 22.6. The van der Waals surface area contributed by atoms with Crippen molar-refractivity contribution in [3.8, 4) is 0 Å². The van der Waals surface area contributed by atoms with Crippen LogP contribution in [0.4, 0.5) is 0 Å². The Labute approximate surface area is 172 Å². The molecule has 3 N–H and O–H groups in total. The van der Waals surface area contributed by atoms with Crippen LogP contribution in [0.5, 0.6) is 0 Å². The molecular weight excluding hydrogens is 398 g/mol. The van der Waals surface area contributed by atoms with Crippen LogP contribution in [0, 0.1) is 6.92 Å². The summed E-state index contributed by atoms with van der Waals surface area (Å²) in [6, 6.07) is 6.60. The van der Waals surface area contributed by atoms with Gasteiger partial charge in [0.2, 0.25) is 10.0 Å². The molecule has 0 radical (unpaired) electrons. The molecule has 2 heterocycles. The summed E-state index contributed by atoms with van der Waals surface area (Å²) < 4.78 is 38.9. The summed E-state index contributed by atoms with van der Waals surface area (Å²) in [5, 5.41) is 29.8. The summed E-state index contributed by atoms with van der Waals surface area (Å²) in [5.74, 6) is 0. The predicted octanol–water partition coefficient (Wildman–Crippen LogP) is 0.771. The zero-order valence-corrected chi connectivity index (χ0v) is 17.8. The molecule has 0 bridgehead atoms. The van der Waals surface area contributed by atoms with E-state index in [0.29, 0.717) is 13.0 Å². The van der Waals surface area contributed by atoms with E-state index in [2.05, 4.69) is 0 Å². The molecule has 8 nitrogen and oxygen atoms in total. The molecule has 2 aliphatic rings. The Morgan fingerprint density at radius 2 is 1.83 bits per heavy atom. The Hall–Kier alpha value is -1.07. The van der Waals surface area contributed by atoms with Crippen molar-refractivity contribution >= 4 is 10.0 Å². The molecule has 0 amide bonds. The van der Waals surface area contributed by atoms with E-state index in [4.69, 9.17) is 9.47 Å². The summed E-state index contributed by atoms with van der Waals surface area (Å²) >= 11 is 0. The van der Waals surface area contributed by atoms with Crippen molar-refractivity contribution < 1.29 is 33.2 Å². The van der Waals surface area contributed by atoms with Gasteiger partial charge in [0.05, 0.1) is 17.1 Å². The fourth-order valence-electron chi connectivity index (χ4n) is 4.00. The summed E-state index contributed by atoms with van der Waals surface area (Å²) in [7, 11) is -3.59. The summed E-state index contributed by atoms with van der Waals surface area (Å²) in [5.41, 5.74) is 0.997. The van der Waals surface area contributed by atoms with Gasteiger partial charge in [0.1, 0.15) is 18.3 Å². The second-order valence-electron chi connectivity index (χ2n) is 8.09. The molecule has 3 rings (SSSR count). The molecule has 29 heavy (non-hydrogen) atoms. The van der Waals surface area contributed by atoms with Crippen LogP contribution in [0.25, 0.3) is 0 Å². The van der Waals surface area contributed by atoms with E-state index in [1.54, 1.807) is 38.1 Å². The first-order chi connectivity index (χ1) is 13.6. The van der Waals surface area contributed by atoms with Gasteiger partial charge in [0.15, 0.2) is 6.29 Å². The maximum Gasteiger partial charge on any atom is 0.243 e. The number of ether oxygens (including phenoxy) is 2. The van der Waals surface area contributed by atoms with Gasteiger partial charge in [-0.3, -0.25) is 0 Å². The lowest BCUT2D eigenvalue weighted by Crippen LogP contribution is -2.58. The SMILES string of the molecule is Cc1ccc(S(=O)(=O)N2CCCC2CC(C)O[C@H]2O[C@@H](C)[C@@H](O)[C@@H](O)[C@@H]2O)cc1. The normalized spacial score (nSPS) is 35.0. The van der Waals surface area contributed by atoms with Crippen LogP contribution in [0.2, 0.25) is 0 Å². The second-order valence-corrected chi connectivity index (χ2v) is 9.98. The molecule has 0 saturated carbocycles. The molecule has 0 aliphatic carbocycles. The maximum atomic E-state index is 13.1. The topological polar surface area (TPSA) is 117 Å². The number of benzene rings is 1. The Morgan fingerprint density at radius 1 is 1.17 bits per heavy atom. The average Bonchev–Trinajstić information content (AvgIpc) is 3.13. The van der Waals surface area contributed by atoms with Gasteiger partial charge in [-0.25, -0.2) is 8.42 Å². The molecule has 2 unspecified atom stereocenters. The smallest absolute Gasteiger partial charge is 0.243 e. The van der Waals surface area contributed by atoms with Gasteiger partial charge in [0, 0.05) is 12.6 Å². The Balaban J connectivity index is 1.65. The number of hydrogen-bond donors (Lipinski definition) is 3. The van der Waals surface area contributed by atoms with E-state index in [9.17, 15) is 23.7 Å². The predicted molar refractivity (Wildman–Crippen MR) is 106 cm³/mol. The Morgan fingerprint density at radius 3 is 2.48 bits per heavy atom. The van der Waals surface area contributed by atoms with Crippen LogP contribution in [-0.2, 0) is 19.5 Å². The van der Waals surface area contributed by atoms with Crippen molar-refractivity contribution in [3.63, 3.8) is 0 Å². The van der Waals surface area contributed by atoms with Crippen LogP contribution in [0.3, 0.4) is 0 Å². The third-order valence-electron chi connectivity index (χ3n) is 5.73. The highest BCUT2D eigenvalue weighted by atomic mass is 32.2. The molecule has 2 saturated heterocycles. The highest BCUT2D eigenvalue weighted by Gasteiger charge is 2.43. The third-order valence-corrected chi connectivity index (χ3v) is 7.70. The zero-order valence-electron chi connectivity index (χ0n) is 17.0. The van der Waals surface area contributed by atoms with Gasteiger partial charge in [-0.15, -0.1) is 0 Å². The molecule has 1 aromatic rings. The van der Waals surface area contributed by atoms with Crippen molar-refractivity contribution in [1.29, 1.82) is 0 Å². The minimum atomic E-state index is -3.59. The standard InChI is InChI=1S/C20H31NO7S/c1-12-6-8-16(9-7-12)29(25,26)21-10-4-5-15(21)11-13(2)27-20-19(24)18(23)17(22)14(3)28-20/h6-9,13-15,17-20,22-24H,4-5,10-11H2,1-3H3/t13?,14-,15?,17+,18+,19-,20-/m0/s1. The number of aryl methyl sites for hydroxylation is 1. The lowest BCUT2D eigenvalue weighted by atomic mass is 10.00. The number of aliphatic hydroxyl groups excluding tert-OH is 3. The number of sulfonamides is 1. The summed E-state index contributed by atoms with van der Waals surface area (Å²) in [6.45, 7) is 5.74. The largest absolute Gasteiger partial charge is 0.388 e. The zero-order chi connectivity index (χ0) is 21.3. The number of rotatable bonds is 6. The monoisotopic (exact) mass is 429 g/mol. The van der Waals surface area contributed by atoms with Crippen molar-refractivity contribution in [2.45, 2.75) is 87.8 Å². The lowest BCUT2D eigenvalue weighted by Gasteiger charge is -2.40. The highest BCUT2D eigenvalue weighted by molar-refractivity contribution is 7.89. The van der Waals surface area contributed by atoms with Crippen molar-refractivity contribution in [1.82, 2.24) is 4.31 Å². The lowest BCUT2D eigenvalue weighted by molar-refractivity contribution is -0.303. The number of aliphatic hydroxyl groups is 3. The minimum Gasteiger partial charge on any atom is -0.388 e. The van der Waals surface area contributed by atoms with Gasteiger partial charge < -0.3 is 24.8 Å². The Kier molecular flexibility index (Phi) is 6.99. The summed E-state index contributed by atoms with van der Waals surface area (Å²) in [6.07, 6.45) is -4.17. The molecule has 9 heteroatoms. The Bertz CT molecular complexity index is 785. The first-order valence-corrected chi connectivity index (χ1v) is 11.5. The number of hydrogen-bond acceptors (Lipinski definition) is 7. The molecule has 2 aliphatic heterocycles. The van der Waals surface area contributed by atoms with Gasteiger partial charge >= 0.3 is 0 Å². The molecule has 7 atom stereocenters. The highest BCUT2D eigenvalue weighted by Crippen LogP contribution is 2.30. The molecular formula is C20H31NO7S. The van der Waals surface area contributed by atoms with E-state index >= 15 is 0 Å². The van der Waals surface area contributed by atoms with Crippen LogP contribution >= 0.6 is 0 Å². The second kappa shape index (κ2) is 8.97. The van der Waals surface area contributed by atoms with Crippen LogP contribution < -0.4 is 0 Å². The van der Waals surface area contributed by atoms with Crippen LogP contribution in [0.1, 0.15) is 38.7 Å². The van der Waals surface area contributed by atoms with E-state index in [0.717, 1.165) is 18.4 Å². The van der Waals surface area contributed by atoms with E-state index in [1.165, 1.54) is 4.31 Å². The molecule has 0 aromatic heterocycles. The number of nitrogens with zero attached hydrogens (tertiary/aromatic N) is 1. The van der Waals surface area contributed by atoms with Crippen LogP contribution in [-0.4, -0.2) is 77.4 Å². The van der Waals surface area contributed by atoms with Gasteiger partial charge in [0.25, 0.3) is 0 Å².